The van der Waals surface area contributed by atoms with Crippen LogP contribution in [0.15, 0.2) is 27.8 Å². The molecule has 0 saturated carbocycles. The fourth-order valence-electron chi connectivity index (χ4n) is 2.71. The molecular formula is C14H19N5O2S2. The van der Waals surface area contributed by atoms with Crippen LogP contribution in [0.1, 0.15) is 18.4 Å². The van der Waals surface area contributed by atoms with Crippen LogP contribution in [-0.2, 0) is 9.53 Å². The zero-order valence-electron chi connectivity index (χ0n) is 13.0. The third-order valence-electron chi connectivity index (χ3n) is 3.63. The van der Waals surface area contributed by atoms with E-state index in [0.717, 1.165) is 29.5 Å². The molecule has 1 aromatic rings. The number of hydrogen-bond acceptors (Lipinski definition) is 9. The number of hydrogen-bond donors (Lipinski definition) is 2. The molecule has 23 heavy (non-hydrogen) atoms. The Bertz CT molecular complexity index is 629. The maximum atomic E-state index is 12.2. The van der Waals surface area contributed by atoms with Gasteiger partial charge in [0.25, 0.3) is 0 Å². The van der Waals surface area contributed by atoms with Crippen molar-refractivity contribution < 1.29 is 9.53 Å². The van der Waals surface area contributed by atoms with Gasteiger partial charge in [-0.05, 0) is 14.0 Å². The second-order valence-corrected chi connectivity index (χ2v) is 6.80. The summed E-state index contributed by atoms with van der Waals surface area (Å²) in [5.74, 6) is 0.582. The van der Waals surface area contributed by atoms with Crippen LogP contribution in [-0.4, -0.2) is 54.5 Å². The van der Waals surface area contributed by atoms with Gasteiger partial charge in [0.1, 0.15) is 0 Å². The Morgan fingerprint density at radius 3 is 3.17 bits per heavy atom. The van der Waals surface area contributed by atoms with Crippen LogP contribution in [0.25, 0.3) is 0 Å². The van der Waals surface area contributed by atoms with E-state index in [2.05, 4.69) is 24.3 Å². The van der Waals surface area contributed by atoms with Gasteiger partial charge < -0.3 is 9.64 Å². The number of nitrogens with zero attached hydrogens (tertiary/aromatic N) is 3. The van der Waals surface area contributed by atoms with E-state index in [1.165, 1.54) is 12.1 Å². The number of ether oxygens (including phenoxy) is 1. The molecule has 1 fully saturated rings. The SMILES string of the molecule is CCOC(=O)C1=C2CC(NSNC)CN2C(c2nccs2)=NC1. The van der Waals surface area contributed by atoms with Crippen LogP contribution >= 0.6 is 23.5 Å². The summed E-state index contributed by atoms with van der Waals surface area (Å²) in [5.41, 5.74) is 1.66. The van der Waals surface area contributed by atoms with E-state index in [-0.39, 0.29) is 12.0 Å². The summed E-state index contributed by atoms with van der Waals surface area (Å²) in [6.07, 6.45) is 2.54. The third kappa shape index (κ3) is 3.42. The Hall–Kier alpha value is -1.42. The van der Waals surface area contributed by atoms with Crippen molar-refractivity contribution in [1.29, 1.82) is 0 Å². The molecular weight excluding hydrogens is 334 g/mol. The van der Waals surface area contributed by atoms with E-state index in [1.807, 2.05) is 19.4 Å². The standard InChI is InChI=1S/C14H19N5O2S2/c1-3-21-14(20)10-7-17-12(13-16-4-5-22-13)19-8-9(6-11(10)19)18-23-15-2/h4-5,9,15,18H,3,6-8H2,1-2H3. The van der Waals surface area contributed by atoms with Gasteiger partial charge in [-0.3, -0.25) is 9.71 Å². The van der Waals surface area contributed by atoms with E-state index < -0.39 is 0 Å². The van der Waals surface area contributed by atoms with Crippen molar-refractivity contribution in [1.82, 2.24) is 19.3 Å². The molecule has 1 aromatic heterocycles. The summed E-state index contributed by atoms with van der Waals surface area (Å²) in [6.45, 7) is 3.29. The molecule has 2 aliphatic rings. The lowest BCUT2D eigenvalue weighted by Crippen LogP contribution is -2.36. The highest BCUT2D eigenvalue weighted by molar-refractivity contribution is 7.95. The Balaban J connectivity index is 1.87. The van der Waals surface area contributed by atoms with E-state index >= 15 is 0 Å². The number of amidine groups is 1. The van der Waals surface area contributed by atoms with Crippen LogP contribution in [0.5, 0.6) is 0 Å². The van der Waals surface area contributed by atoms with Crippen molar-refractivity contribution in [2.24, 2.45) is 4.99 Å². The molecule has 1 atom stereocenters. The van der Waals surface area contributed by atoms with Gasteiger partial charge >= 0.3 is 5.97 Å². The minimum atomic E-state index is -0.267. The zero-order valence-corrected chi connectivity index (χ0v) is 14.7. The average molecular weight is 353 g/mol. The molecule has 1 unspecified atom stereocenters. The maximum absolute atomic E-state index is 12.2. The highest BCUT2D eigenvalue weighted by Crippen LogP contribution is 2.32. The molecule has 9 heteroatoms. The molecule has 2 aliphatic heterocycles. The van der Waals surface area contributed by atoms with Crippen LogP contribution in [0.4, 0.5) is 0 Å². The maximum Gasteiger partial charge on any atom is 0.337 e. The van der Waals surface area contributed by atoms with E-state index in [9.17, 15) is 4.79 Å². The summed E-state index contributed by atoms with van der Waals surface area (Å²) in [7, 11) is 1.87. The van der Waals surface area contributed by atoms with Gasteiger partial charge in [-0.1, -0.05) is 0 Å². The fraction of sp³-hybridized carbons (Fsp3) is 0.500. The summed E-state index contributed by atoms with van der Waals surface area (Å²) >= 11 is 3.01. The van der Waals surface area contributed by atoms with Crippen molar-refractivity contribution >= 4 is 35.3 Å². The van der Waals surface area contributed by atoms with Gasteiger partial charge in [0, 0.05) is 48.4 Å². The number of esters is 1. The molecule has 0 bridgehead atoms. The van der Waals surface area contributed by atoms with Crippen molar-refractivity contribution in [3.05, 3.63) is 27.9 Å². The second kappa shape index (κ2) is 7.43. The predicted molar refractivity (Wildman–Crippen MR) is 92.1 cm³/mol. The van der Waals surface area contributed by atoms with Crippen molar-refractivity contribution in [3.8, 4) is 0 Å². The number of aromatic nitrogens is 1. The molecule has 1 saturated heterocycles. The number of nitrogens with one attached hydrogen (secondary N) is 2. The van der Waals surface area contributed by atoms with Crippen LogP contribution < -0.4 is 9.44 Å². The van der Waals surface area contributed by atoms with Gasteiger partial charge in [0.15, 0.2) is 10.8 Å². The van der Waals surface area contributed by atoms with Gasteiger partial charge in [-0.15, -0.1) is 11.3 Å². The van der Waals surface area contributed by atoms with Crippen molar-refractivity contribution in [2.75, 3.05) is 26.7 Å². The Labute approximate surface area is 143 Å². The Morgan fingerprint density at radius 2 is 2.48 bits per heavy atom. The molecule has 3 rings (SSSR count). The van der Waals surface area contributed by atoms with Crippen LogP contribution in [0.3, 0.4) is 0 Å². The minimum Gasteiger partial charge on any atom is -0.463 e. The molecule has 0 amide bonds. The summed E-state index contributed by atoms with van der Waals surface area (Å²) in [5, 5.41) is 2.82. The van der Waals surface area contributed by atoms with Crippen molar-refractivity contribution in [3.63, 3.8) is 0 Å². The highest BCUT2D eigenvalue weighted by Gasteiger charge is 2.37. The van der Waals surface area contributed by atoms with Gasteiger partial charge in [-0.2, -0.15) is 0 Å². The molecule has 0 aliphatic carbocycles. The van der Waals surface area contributed by atoms with Crippen LogP contribution in [0.2, 0.25) is 0 Å². The molecule has 7 nitrogen and oxygen atoms in total. The summed E-state index contributed by atoms with van der Waals surface area (Å²) < 4.78 is 11.5. The molecule has 2 N–H and O–H groups in total. The molecule has 0 aromatic carbocycles. The van der Waals surface area contributed by atoms with Gasteiger partial charge in [0.05, 0.1) is 18.7 Å². The number of rotatable bonds is 6. The second-order valence-electron chi connectivity index (χ2n) is 5.06. The minimum absolute atomic E-state index is 0.232. The topological polar surface area (TPSA) is 78.9 Å². The first-order valence-corrected chi connectivity index (χ1v) is 9.13. The monoisotopic (exact) mass is 353 g/mol. The van der Waals surface area contributed by atoms with Gasteiger partial charge in [-0.25, -0.2) is 14.5 Å². The number of fused-ring (bicyclic) bond motifs is 1. The number of carbonyl (C=O) groups excluding carboxylic acids is 1. The number of carbonyl (C=O) groups is 1. The van der Waals surface area contributed by atoms with Gasteiger partial charge in [0.2, 0.25) is 0 Å². The fourth-order valence-corrected chi connectivity index (χ4v) is 3.80. The molecule has 0 radical (unpaired) electrons. The third-order valence-corrected chi connectivity index (χ3v) is 5.06. The first-order valence-electron chi connectivity index (χ1n) is 7.43. The van der Waals surface area contributed by atoms with E-state index in [4.69, 9.17) is 4.74 Å². The predicted octanol–water partition coefficient (Wildman–Crippen LogP) is 1.17. The molecule has 3 heterocycles. The molecule has 0 spiro atoms. The quantitative estimate of drug-likeness (QED) is 0.587. The Kier molecular flexibility index (Phi) is 5.31. The highest BCUT2D eigenvalue weighted by atomic mass is 32.2. The van der Waals surface area contributed by atoms with E-state index in [1.54, 1.807) is 17.5 Å². The lowest BCUT2D eigenvalue weighted by molar-refractivity contribution is -0.138. The molecule has 124 valence electrons. The van der Waals surface area contributed by atoms with Crippen LogP contribution in [0, 0.1) is 0 Å². The average Bonchev–Trinajstić information content (AvgIpc) is 3.21. The lowest BCUT2D eigenvalue weighted by Gasteiger charge is -2.26. The first-order chi connectivity index (χ1) is 11.2. The zero-order chi connectivity index (χ0) is 16.2. The summed E-state index contributed by atoms with van der Waals surface area (Å²) in [4.78, 5) is 23.3. The normalized spacial score (nSPS) is 20.5. The number of aliphatic imine (C=N–C) groups is 1. The first kappa shape index (κ1) is 16.4. The lowest BCUT2D eigenvalue weighted by atomic mass is 10.1. The van der Waals surface area contributed by atoms with Crippen molar-refractivity contribution in [2.45, 2.75) is 19.4 Å². The Morgan fingerprint density at radius 1 is 1.61 bits per heavy atom. The summed E-state index contributed by atoms with van der Waals surface area (Å²) in [6, 6.07) is 0.232. The number of thiazole rings is 1. The largest absolute Gasteiger partial charge is 0.463 e. The van der Waals surface area contributed by atoms with E-state index in [0.29, 0.717) is 18.7 Å². The smallest absolute Gasteiger partial charge is 0.337 e.